The summed E-state index contributed by atoms with van der Waals surface area (Å²) in [5.41, 5.74) is 3.26. The fourth-order valence-corrected chi connectivity index (χ4v) is 2.15. The van der Waals surface area contributed by atoms with Gasteiger partial charge < -0.3 is 10.0 Å². The molecule has 2 aromatic rings. The van der Waals surface area contributed by atoms with Crippen molar-refractivity contribution in [1.82, 2.24) is 9.78 Å². The zero-order chi connectivity index (χ0) is 13.2. The van der Waals surface area contributed by atoms with E-state index in [0.29, 0.717) is 12.3 Å². The van der Waals surface area contributed by atoms with Gasteiger partial charge in [0, 0.05) is 30.7 Å². The largest absolute Gasteiger partial charge is 0.510 e. The van der Waals surface area contributed by atoms with Crippen LogP contribution in [-0.4, -0.2) is 21.4 Å². The minimum absolute atomic E-state index is 0.370. The van der Waals surface area contributed by atoms with E-state index in [-0.39, 0.29) is 0 Å². The minimum Gasteiger partial charge on any atom is -0.510 e. The smallest absolute Gasteiger partial charge is 0.112 e. The molecule has 19 heavy (non-hydrogen) atoms. The normalized spacial score (nSPS) is 14.6. The fourth-order valence-electron chi connectivity index (χ4n) is 2.15. The Hall–Kier alpha value is -2.49. The number of allylic oxidation sites excluding steroid dienone is 2. The predicted octanol–water partition coefficient (Wildman–Crippen LogP) is 2.86. The standard InChI is InChI=1S/C15H15N3O/c1-17-10-13(9-16-17)12-4-2-5-14(8-12)18-7-3-6-15(19)11-18/h2-10,19H,11H2,1H3. The zero-order valence-electron chi connectivity index (χ0n) is 10.7. The molecule has 0 spiro atoms. The van der Waals surface area contributed by atoms with Gasteiger partial charge >= 0.3 is 0 Å². The van der Waals surface area contributed by atoms with Crippen LogP contribution in [0.3, 0.4) is 0 Å². The second-order valence-corrected chi connectivity index (χ2v) is 4.58. The molecule has 0 fully saturated rings. The third-order valence-electron chi connectivity index (χ3n) is 3.10. The maximum Gasteiger partial charge on any atom is 0.112 e. The van der Waals surface area contributed by atoms with Crippen molar-refractivity contribution in [2.24, 2.45) is 7.05 Å². The van der Waals surface area contributed by atoms with Crippen LogP contribution in [0.4, 0.5) is 5.69 Å². The fraction of sp³-hybridized carbons (Fsp3) is 0.133. The van der Waals surface area contributed by atoms with E-state index in [9.17, 15) is 5.11 Å². The van der Waals surface area contributed by atoms with Crippen LogP contribution < -0.4 is 4.90 Å². The Morgan fingerprint density at radius 2 is 2.16 bits per heavy atom. The summed E-state index contributed by atoms with van der Waals surface area (Å²) < 4.78 is 1.79. The van der Waals surface area contributed by atoms with E-state index in [4.69, 9.17) is 0 Å². The van der Waals surface area contributed by atoms with Crippen molar-refractivity contribution in [2.45, 2.75) is 0 Å². The topological polar surface area (TPSA) is 41.3 Å². The molecule has 0 saturated carbocycles. The van der Waals surface area contributed by atoms with Gasteiger partial charge in [-0.05, 0) is 29.8 Å². The van der Waals surface area contributed by atoms with E-state index in [1.807, 2.05) is 48.7 Å². The first-order chi connectivity index (χ1) is 9.22. The quantitative estimate of drug-likeness (QED) is 0.894. The highest BCUT2D eigenvalue weighted by atomic mass is 16.3. The summed E-state index contributed by atoms with van der Waals surface area (Å²) >= 11 is 0. The van der Waals surface area contributed by atoms with E-state index in [1.54, 1.807) is 10.8 Å². The molecule has 0 amide bonds. The average molecular weight is 253 g/mol. The monoisotopic (exact) mass is 253 g/mol. The molecule has 96 valence electrons. The number of aryl methyl sites for hydroxylation is 1. The maximum absolute atomic E-state index is 9.59. The van der Waals surface area contributed by atoms with Gasteiger partial charge in [-0.25, -0.2) is 0 Å². The van der Waals surface area contributed by atoms with E-state index in [0.717, 1.165) is 16.8 Å². The molecule has 0 bridgehead atoms. The molecular formula is C15H15N3O. The van der Waals surface area contributed by atoms with Gasteiger partial charge in [0.15, 0.2) is 0 Å². The molecule has 1 aromatic carbocycles. The lowest BCUT2D eigenvalue weighted by Crippen LogP contribution is -2.21. The Morgan fingerprint density at radius 3 is 2.89 bits per heavy atom. The lowest BCUT2D eigenvalue weighted by atomic mass is 10.1. The molecule has 1 aliphatic heterocycles. The zero-order valence-corrected chi connectivity index (χ0v) is 10.7. The first-order valence-electron chi connectivity index (χ1n) is 6.14. The van der Waals surface area contributed by atoms with Crippen LogP contribution in [-0.2, 0) is 7.05 Å². The van der Waals surface area contributed by atoms with Gasteiger partial charge in [0.1, 0.15) is 5.76 Å². The molecule has 0 aliphatic carbocycles. The van der Waals surface area contributed by atoms with E-state index < -0.39 is 0 Å². The van der Waals surface area contributed by atoms with Gasteiger partial charge in [-0.2, -0.15) is 5.10 Å². The Kier molecular flexibility index (Phi) is 2.83. The average Bonchev–Trinajstić information content (AvgIpc) is 2.86. The Morgan fingerprint density at radius 1 is 1.26 bits per heavy atom. The Bertz CT molecular complexity index is 655. The predicted molar refractivity (Wildman–Crippen MR) is 75.8 cm³/mol. The number of hydrogen-bond acceptors (Lipinski definition) is 3. The third-order valence-corrected chi connectivity index (χ3v) is 3.10. The first-order valence-corrected chi connectivity index (χ1v) is 6.14. The van der Waals surface area contributed by atoms with Crippen LogP contribution in [0.25, 0.3) is 11.1 Å². The number of aliphatic hydroxyl groups excluding tert-OH is 1. The highest BCUT2D eigenvalue weighted by Gasteiger charge is 2.09. The number of nitrogens with zero attached hydrogens (tertiary/aromatic N) is 3. The molecule has 3 rings (SSSR count). The molecule has 0 unspecified atom stereocenters. The van der Waals surface area contributed by atoms with Crippen LogP contribution in [0, 0.1) is 0 Å². The second kappa shape index (κ2) is 4.65. The van der Waals surface area contributed by atoms with Crippen LogP contribution >= 0.6 is 0 Å². The number of hydrogen-bond donors (Lipinski definition) is 1. The molecule has 4 nitrogen and oxygen atoms in total. The van der Waals surface area contributed by atoms with Crippen LogP contribution in [0.1, 0.15) is 0 Å². The SMILES string of the molecule is Cn1cc(-c2cccc(N3C=CC=C(O)C3)c2)cn1. The van der Waals surface area contributed by atoms with Crippen molar-refractivity contribution < 1.29 is 5.11 Å². The first kappa shape index (κ1) is 11.6. The van der Waals surface area contributed by atoms with Crippen molar-refractivity contribution in [3.63, 3.8) is 0 Å². The van der Waals surface area contributed by atoms with Gasteiger partial charge in [-0.1, -0.05) is 12.1 Å². The Labute approximate surface area is 111 Å². The van der Waals surface area contributed by atoms with Crippen molar-refractivity contribution in [3.8, 4) is 11.1 Å². The summed E-state index contributed by atoms with van der Waals surface area (Å²) in [4.78, 5) is 2.01. The van der Waals surface area contributed by atoms with Crippen molar-refractivity contribution in [1.29, 1.82) is 0 Å². The van der Waals surface area contributed by atoms with Gasteiger partial charge in [0.2, 0.25) is 0 Å². The van der Waals surface area contributed by atoms with Gasteiger partial charge in [-0.15, -0.1) is 0 Å². The molecule has 1 N–H and O–H groups in total. The molecule has 0 saturated heterocycles. The van der Waals surface area contributed by atoms with Gasteiger partial charge in [-0.3, -0.25) is 4.68 Å². The molecule has 1 aromatic heterocycles. The third kappa shape index (κ3) is 2.38. The minimum atomic E-state index is 0.370. The highest BCUT2D eigenvalue weighted by Crippen LogP contribution is 2.25. The van der Waals surface area contributed by atoms with Gasteiger partial charge in [0.05, 0.1) is 12.7 Å². The second-order valence-electron chi connectivity index (χ2n) is 4.58. The summed E-state index contributed by atoms with van der Waals surface area (Å²) in [6.07, 6.45) is 9.35. The van der Waals surface area contributed by atoms with Crippen molar-refractivity contribution in [3.05, 3.63) is 60.8 Å². The summed E-state index contributed by atoms with van der Waals surface area (Å²) in [6.45, 7) is 0.507. The van der Waals surface area contributed by atoms with E-state index >= 15 is 0 Å². The van der Waals surface area contributed by atoms with E-state index in [2.05, 4.69) is 17.2 Å². The van der Waals surface area contributed by atoms with Gasteiger partial charge in [0.25, 0.3) is 0 Å². The Balaban J connectivity index is 1.92. The molecule has 1 aliphatic rings. The summed E-state index contributed by atoms with van der Waals surface area (Å²) in [5.74, 6) is 0.370. The summed E-state index contributed by atoms with van der Waals surface area (Å²) in [6, 6.07) is 8.20. The lowest BCUT2D eigenvalue weighted by Gasteiger charge is -2.22. The number of aromatic nitrogens is 2. The van der Waals surface area contributed by atoms with Crippen molar-refractivity contribution >= 4 is 5.69 Å². The highest BCUT2D eigenvalue weighted by molar-refractivity contribution is 5.68. The van der Waals surface area contributed by atoms with Crippen LogP contribution in [0.15, 0.2) is 60.8 Å². The molecule has 4 heteroatoms. The van der Waals surface area contributed by atoms with Crippen LogP contribution in [0.2, 0.25) is 0 Å². The summed E-state index contributed by atoms with van der Waals surface area (Å²) in [5, 5.41) is 13.8. The number of rotatable bonds is 2. The number of anilines is 1. The molecular weight excluding hydrogens is 238 g/mol. The van der Waals surface area contributed by atoms with E-state index in [1.165, 1.54) is 0 Å². The number of aliphatic hydroxyl groups is 1. The van der Waals surface area contributed by atoms with Crippen molar-refractivity contribution in [2.75, 3.05) is 11.4 Å². The molecule has 0 radical (unpaired) electrons. The molecule has 2 heterocycles. The summed E-state index contributed by atoms with van der Waals surface area (Å²) in [7, 11) is 1.91. The molecule has 0 atom stereocenters. The van der Waals surface area contributed by atoms with Crippen LogP contribution in [0.5, 0.6) is 0 Å². The number of benzene rings is 1. The lowest BCUT2D eigenvalue weighted by molar-refractivity contribution is 0.401. The maximum atomic E-state index is 9.59.